The van der Waals surface area contributed by atoms with Gasteiger partial charge in [0.05, 0.1) is 11.6 Å². The molecule has 144 valence electrons. The molecular formula is C18H21FN4O4. The summed E-state index contributed by atoms with van der Waals surface area (Å²) >= 11 is 0. The minimum atomic E-state index is -1.58. The zero-order valence-corrected chi connectivity index (χ0v) is 15.2. The van der Waals surface area contributed by atoms with E-state index < -0.39 is 17.4 Å². The maximum Gasteiger partial charge on any atom is 0.511 e. The van der Waals surface area contributed by atoms with Crippen LogP contribution in [0.25, 0.3) is 11.0 Å². The standard InChI is InChI=1S/C18H21FN4O4/c1-10-8-22(6-5-21(10)2)17-13(19)7-12-15(24)14(27-18(25)26)9-23(11-3-4-11)16(12)20-17/h7,9-11H,3-6,8H2,1-2H3,(H,25,26). The monoisotopic (exact) mass is 376 g/mol. The summed E-state index contributed by atoms with van der Waals surface area (Å²) in [5.41, 5.74) is -0.308. The maximum absolute atomic E-state index is 14.8. The third-order valence-electron chi connectivity index (χ3n) is 5.30. The Morgan fingerprint density at radius 2 is 2.11 bits per heavy atom. The zero-order chi connectivity index (χ0) is 19.3. The fraction of sp³-hybridized carbons (Fsp3) is 0.500. The van der Waals surface area contributed by atoms with Crippen molar-refractivity contribution in [3.8, 4) is 5.75 Å². The lowest BCUT2D eigenvalue weighted by Crippen LogP contribution is -2.50. The van der Waals surface area contributed by atoms with Crippen LogP contribution in [0.1, 0.15) is 25.8 Å². The molecule has 0 radical (unpaired) electrons. The van der Waals surface area contributed by atoms with Gasteiger partial charge in [-0.2, -0.15) is 0 Å². The molecule has 2 aliphatic rings. The number of piperazine rings is 1. The number of hydrogen-bond acceptors (Lipinski definition) is 6. The minimum Gasteiger partial charge on any atom is -0.449 e. The quantitative estimate of drug-likeness (QED) is 0.821. The number of carboxylic acid groups (broad SMARTS) is 1. The Hall–Kier alpha value is -2.68. The molecule has 0 spiro atoms. The van der Waals surface area contributed by atoms with Gasteiger partial charge in [0.2, 0.25) is 5.43 Å². The highest BCUT2D eigenvalue weighted by atomic mass is 19.1. The van der Waals surface area contributed by atoms with E-state index in [1.165, 1.54) is 6.20 Å². The van der Waals surface area contributed by atoms with Gasteiger partial charge in [0.1, 0.15) is 5.65 Å². The second kappa shape index (κ2) is 6.49. The van der Waals surface area contributed by atoms with Gasteiger partial charge in [0.25, 0.3) is 0 Å². The van der Waals surface area contributed by atoms with E-state index >= 15 is 0 Å². The van der Waals surface area contributed by atoms with Gasteiger partial charge in [-0.15, -0.1) is 0 Å². The molecule has 0 aromatic carbocycles. The molecule has 8 nitrogen and oxygen atoms in total. The first-order chi connectivity index (χ1) is 12.8. The first-order valence-corrected chi connectivity index (χ1v) is 8.96. The average Bonchev–Trinajstić information content (AvgIpc) is 3.44. The molecule has 1 atom stereocenters. The number of aromatic nitrogens is 2. The number of likely N-dealkylation sites (N-methyl/N-ethyl adjacent to an activating group) is 1. The highest BCUT2D eigenvalue weighted by molar-refractivity contribution is 5.80. The second-order valence-electron chi connectivity index (χ2n) is 7.27. The minimum absolute atomic E-state index is 0.0316. The number of carbonyl (C=O) groups is 1. The Kier molecular flexibility index (Phi) is 4.26. The molecule has 2 aromatic rings. The van der Waals surface area contributed by atoms with Crippen molar-refractivity contribution in [3.05, 3.63) is 28.3 Å². The highest BCUT2D eigenvalue weighted by Crippen LogP contribution is 2.38. The summed E-state index contributed by atoms with van der Waals surface area (Å²) in [7, 11) is 2.03. The molecule has 1 unspecified atom stereocenters. The summed E-state index contributed by atoms with van der Waals surface area (Å²) < 4.78 is 21.2. The van der Waals surface area contributed by atoms with Crippen molar-refractivity contribution in [1.29, 1.82) is 0 Å². The summed E-state index contributed by atoms with van der Waals surface area (Å²) in [6, 6.07) is 1.52. The van der Waals surface area contributed by atoms with Crippen LogP contribution < -0.4 is 15.1 Å². The highest BCUT2D eigenvalue weighted by Gasteiger charge is 2.29. The van der Waals surface area contributed by atoms with Crippen LogP contribution in [-0.4, -0.2) is 58.4 Å². The van der Waals surface area contributed by atoms with E-state index in [9.17, 15) is 14.0 Å². The van der Waals surface area contributed by atoms with Gasteiger partial charge in [-0.05, 0) is 32.9 Å². The summed E-state index contributed by atoms with van der Waals surface area (Å²) in [5.74, 6) is -0.696. The van der Waals surface area contributed by atoms with E-state index in [0.29, 0.717) is 18.7 Å². The first-order valence-electron chi connectivity index (χ1n) is 8.96. The predicted octanol–water partition coefficient (Wildman–Crippen LogP) is 2.07. The average molecular weight is 376 g/mol. The second-order valence-corrected chi connectivity index (χ2v) is 7.27. The number of halogens is 1. The molecular weight excluding hydrogens is 355 g/mol. The van der Waals surface area contributed by atoms with Crippen LogP contribution in [0.5, 0.6) is 5.75 Å². The first kappa shape index (κ1) is 17.7. The van der Waals surface area contributed by atoms with Gasteiger partial charge in [0, 0.05) is 31.7 Å². The molecule has 2 aromatic heterocycles. The van der Waals surface area contributed by atoms with Crippen molar-refractivity contribution in [1.82, 2.24) is 14.5 Å². The van der Waals surface area contributed by atoms with Gasteiger partial charge in [0.15, 0.2) is 17.4 Å². The molecule has 1 saturated heterocycles. The Bertz CT molecular complexity index is 972. The molecule has 3 heterocycles. The van der Waals surface area contributed by atoms with Crippen LogP contribution in [-0.2, 0) is 0 Å². The van der Waals surface area contributed by atoms with Crippen LogP contribution in [0.3, 0.4) is 0 Å². The van der Waals surface area contributed by atoms with E-state index in [4.69, 9.17) is 5.11 Å². The Labute approximate surface area is 154 Å². The van der Waals surface area contributed by atoms with Crippen LogP contribution in [0.4, 0.5) is 15.0 Å². The molecule has 1 saturated carbocycles. The van der Waals surface area contributed by atoms with Gasteiger partial charge < -0.3 is 24.2 Å². The Morgan fingerprint density at radius 1 is 1.37 bits per heavy atom. The maximum atomic E-state index is 14.8. The molecule has 4 rings (SSSR count). The van der Waals surface area contributed by atoms with E-state index in [-0.39, 0.29) is 29.0 Å². The van der Waals surface area contributed by atoms with Gasteiger partial charge in [-0.1, -0.05) is 0 Å². The number of ether oxygens (including phenoxy) is 1. The van der Waals surface area contributed by atoms with Crippen molar-refractivity contribution >= 4 is 23.0 Å². The third-order valence-corrected chi connectivity index (χ3v) is 5.30. The van der Waals surface area contributed by atoms with Crippen molar-refractivity contribution in [2.24, 2.45) is 0 Å². The topological polar surface area (TPSA) is 87.9 Å². The molecule has 1 N–H and O–H groups in total. The SMILES string of the molecule is CC1CN(c2nc3c(cc2F)c(=O)c(OC(=O)O)cn3C2CC2)CCN1C. The van der Waals surface area contributed by atoms with Crippen LogP contribution >= 0.6 is 0 Å². The lowest BCUT2D eigenvalue weighted by Gasteiger charge is -2.38. The summed E-state index contributed by atoms with van der Waals surface area (Å²) in [5, 5.41) is 8.88. The molecule has 0 bridgehead atoms. The Balaban J connectivity index is 1.85. The van der Waals surface area contributed by atoms with Crippen molar-refractivity contribution in [2.75, 3.05) is 31.6 Å². The van der Waals surface area contributed by atoms with Crippen molar-refractivity contribution in [3.63, 3.8) is 0 Å². The van der Waals surface area contributed by atoms with Crippen LogP contribution in [0, 0.1) is 5.82 Å². The van der Waals surface area contributed by atoms with Gasteiger partial charge in [-0.3, -0.25) is 4.79 Å². The fourth-order valence-electron chi connectivity index (χ4n) is 3.47. The number of pyridine rings is 2. The number of hydrogen-bond donors (Lipinski definition) is 1. The number of fused-ring (bicyclic) bond motifs is 1. The van der Waals surface area contributed by atoms with Crippen molar-refractivity contribution < 1.29 is 19.0 Å². The lowest BCUT2D eigenvalue weighted by molar-refractivity contribution is 0.143. The van der Waals surface area contributed by atoms with E-state index in [1.807, 2.05) is 11.9 Å². The van der Waals surface area contributed by atoms with Crippen LogP contribution in [0.15, 0.2) is 17.1 Å². The molecule has 27 heavy (non-hydrogen) atoms. The zero-order valence-electron chi connectivity index (χ0n) is 15.2. The van der Waals surface area contributed by atoms with E-state index in [1.54, 1.807) is 4.57 Å². The summed E-state index contributed by atoms with van der Waals surface area (Å²) in [6.07, 6.45) is 1.58. The summed E-state index contributed by atoms with van der Waals surface area (Å²) in [6.45, 7) is 4.14. The Morgan fingerprint density at radius 3 is 2.74 bits per heavy atom. The molecule has 9 heteroatoms. The fourth-order valence-corrected chi connectivity index (χ4v) is 3.47. The molecule has 0 amide bonds. The predicted molar refractivity (Wildman–Crippen MR) is 97.2 cm³/mol. The molecule has 2 fully saturated rings. The smallest absolute Gasteiger partial charge is 0.449 e. The van der Waals surface area contributed by atoms with Gasteiger partial charge >= 0.3 is 6.16 Å². The van der Waals surface area contributed by atoms with E-state index in [2.05, 4.69) is 21.5 Å². The van der Waals surface area contributed by atoms with E-state index in [0.717, 1.165) is 25.5 Å². The number of rotatable bonds is 3. The molecule has 1 aliphatic carbocycles. The number of anilines is 1. The van der Waals surface area contributed by atoms with Crippen molar-refractivity contribution in [2.45, 2.75) is 31.8 Å². The lowest BCUT2D eigenvalue weighted by atomic mass is 10.2. The third kappa shape index (κ3) is 3.23. The van der Waals surface area contributed by atoms with Crippen LogP contribution in [0.2, 0.25) is 0 Å². The normalized spacial score (nSPS) is 20.9. The summed E-state index contributed by atoms with van der Waals surface area (Å²) in [4.78, 5) is 32.0. The number of nitrogens with zero attached hydrogens (tertiary/aromatic N) is 4. The largest absolute Gasteiger partial charge is 0.511 e. The van der Waals surface area contributed by atoms with Gasteiger partial charge in [-0.25, -0.2) is 14.2 Å². The molecule has 1 aliphatic heterocycles.